The summed E-state index contributed by atoms with van der Waals surface area (Å²) in [6.45, 7) is 4.36. The topological polar surface area (TPSA) is 69.6 Å². The van der Waals surface area contributed by atoms with Crippen molar-refractivity contribution in [2.75, 3.05) is 6.61 Å². The van der Waals surface area contributed by atoms with Gasteiger partial charge in [-0.2, -0.15) is 0 Å². The lowest BCUT2D eigenvalue weighted by Gasteiger charge is -2.20. The summed E-state index contributed by atoms with van der Waals surface area (Å²) in [7, 11) is 0. The highest BCUT2D eigenvalue weighted by molar-refractivity contribution is 5.76. The number of hydrogen-bond donors (Lipinski definition) is 3. The number of unbranched alkanes of at least 4 members (excludes halogenated alkanes) is 55. The van der Waals surface area contributed by atoms with Gasteiger partial charge in [-0.25, -0.2) is 0 Å². The van der Waals surface area contributed by atoms with E-state index in [2.05, 4.69) is 31.3 Å². The van der Waals surface area contributed by atoms with Gasteiger partial charge in [0, 0.05) is 6.42 Å². The first-order valence-electron chi connectivity index (χ1n) is 34.1. The number of hydrogen-bond acceptors (Lipinski definition) is 3. The van der Waals surface area contributed by atoms with E-state index in [0.29, 0.717) is 6.42 Å². The van der Waals surface area contributed by atoms with Crippen LogP contribution in [-0.2, 0) is 4.79 Å². The van der Waals surface area contributed by atoms with Gasteiger partial charge in [-0.3, -0.25) is 4.79 Å². The van der Waals surface area contributed by atoms with Crippen LogP contribution < -0.4 is 5.32 Å². The molecule has 0 saturated carbocycles. The fraction of sp³-hybridized carbons (Fsp3) is 0.928. The maximum atomic E-state index is 12.5. The van der Waals surface area contributed by atoms with E-state index in [4.69, 9.17) is 0 Å². The number of nitrogens with one attached hydrogen (secondary N) is 1. The van der Waals surface area contributed by atoms with Crippen LogP contribution in [-0.4, -0.2) is 34.9 Å². The summed E-state index contributed by atoms with van der Waals surface area (Å²) in [6.07, 6.45) is 88.3. The molecule has 0 saturated heterocycles. The molecule has 434 valence electrons. The first kappa shape index (κ1) is 71.9. The number of aliphatic hydroxyl groups is 2. The maximum Gasteiger partial charge on any atom is 0.220 e. The molecule has 0 radical (unpaired) electrons. The van der Waals surface area contributed by atoms with Crippen molar-refractivity contribution in [3.05, 3.63) is 24.3 Å². The van der Waals surface area contributed by atoms with Crippen LogP contribution in [0.4, 0.5) is 0 Å². The van der Waals surface area contributed by atoms with Crippen LogP contribution in [0.2, 0.25) is 0 Å². The van der Waals surface area contributed by atoms with E-state index in [-0.39, 0.29) is 12.5 Å². The summed E-state index contributed by atoms with van der Waals surface area (Å²) in [5.41, 5.74) is 0. The predicted molar refractivity (Wildman–Crippen MR) is 327 cm³/mol. The summed E-state index contributed by atoms with van der Waals surface area (Å²) in [5.74, 6) is -0.0546. The van der Waals surface area contributed by atoms with Crippen molar-refractivity contribution in [1.82, 2.24) is 5.32 Å². The molecule has 2 unspecified atom stereocenters. The zero-order valence-corrected chi connectivity index (χ0v) is 50.2. The molecule has 0 aromatic heterocycles. The first-order chi connectivity index (χ1) is 36.2. The number of aliphatic hydroxyl groups excluding tert-OH is 2. The van der Waals surface area contributed by atoms with E-state index < -0.39 is 12.1 Å². The third-order valence-corrected chi connectivity index (χ3v) is 16.2. The number of carbonyl (C=O) groups is 1. The predicted octanol–water partition coefficient (Wildman–Crippen LogP) is 23.0. The maximum absolute atomic E-state index is 12.5. The summed E-state index contributed by atoms with van der Waals surface area (Å²) in [4.78, 5) is 12.5. The third-order valence-electron chi connectivity index (χ3n) is 16.2. The number of allylic oxidation sites excluding steroid dienone is 3. The van der Waals surface area contributed by atoms with Crippen molar-refractivity contribution >= 4 is 5.91 Å². The van der Waals surface area contributed by atoms with Crippen molar-refractivity contribution in [3.63, 3.8) is 0 Å². The number of amides is 1. The zero-order chi connectivity index (χ0) is 52.7. The molecule has 0 bridgehead atoms. The van der Waals surface area contributed by atoms with Gasteiger partial charge in [-0.05, 0) is 44.9 Å². The van der Waals surface area contributed by atoms with Gasteiger partial charge in [0.2, 0.25) is 5.91 Å². The minimum Gasteiger partial charge on any atom is -0.394 e. The Morgan fingerprint density at radius 2 is 0.521 bits per heavy atom. The molecule has 0 heterocycles. The van der Waals surface area contributed by atoms with Gasteiger partial charge in [-0.1, -0.05) is 366 Å². The largest absolute Gasteiger partial charge is 0.394 e. The van der Waals surface area contributed by atoms with E-state index in [1.807, 2.05) is 6.08 Å². The number of carbonyl (C=O) groups excluding carboxylic acids is 1. The van der Waals surface area contributed by atoms with E-state index in [1.54, 1.807) is 6.08 Å². The van der Waals surface area contributed by atoms with Gasteiger partial charge in [0.25, 0.3) is 0 Å². The lowest BCUT2D eigenvalue weighted by atomic mass is 10.0. The summed E-state index contributed by atoms with van der Waals surface area (Å²) in [6, 6.07) is -0.621. The number of rotatable bonds is 64. The Kier molecular flexibility index (Phi) is 64.1. The quantitative estimate of drug-likeness (QED) is 0.0420. The standard InChI is InChI=1S/C69H135NO3/c1-3-5-7-9-11-13-15-17-19-21-23-25-27-29-31-33-34-35-36-37-39-41-43-45-47-49-51-53-55-57-59-61-63-65-69(73)70-67(66-71)68(72)64-62-60-58-56-54-52-50-48-46-44-42-40-38-32-30-28-26-24-22-20-18-16-14-12-10-8-6-4-2/h21,23,62,64,67-68,71-72H,3-20,22,24-61,63,65-66H2,1-2H3,(H,70,73)/b23-21-,64-62+. The Hall–Kier alpha value is -1.13. The fourth-order valence-electron chi connectivity index (χ4n) is 11.0. The van der Waals surface area contributed by atoms with Crippen molar-refractivity contribution < 1.29 is 15.0 Å². The van der Waals surface area contributed by atoms with Crippen LogP contribution in [0, 0.1) is 0 Å². The van der Waals surface area contributed by atoms with Gasteiger partial charge >= 0.3 is 0 Å². The third kappa shape index (κ3) is 61.6. The van der Waals surface area contributed by atoms with Gasteiger partial charge in [0.1, 0.15) is 0 Å². The molecule has 0 spiro atoms. The van der Waals surface area contributed by atoms with Crippen LogP contribution in [0.1, 0.15) is 393 Å². The molecule has 0 aliphatic carbocycles. The highest BCUT2D eigenvalue weighted by Crippen LogP contribution is 2.19. The molecule has 4 nitrogen and oxygen atoms in total. The minimum atomic E-state index is -0.838. The van der Waals surface area contributed by atoms with E-state index in [9.17, 15) is 15.0 Å². The van der Waals surface area contributed by atoms with Gasteiger partial charge in [-0.15, -0.1) is 0 Å². The van der Waals surface area contributed by atoms with Crippen LogP contribution in [0.15, 0.2) is 24.3 Å². The second-order valence-electron chi connectivity index (χ2n) is 23.6. The Morgan fingerprint density at radius 3 is 0.753 bits per heavy atom. The fourth-order valence-corrected chi connectivity index (χ4v) is 11.0. The normalized spacial score (nSPS) is 12.8. The highest BCUT2D eigenvalue weighted by atomic mass is 16.3. The molecule has 0 aliphatic rings. The molecule has 0 fully saturated rings. The van der Waals surface area contributed by atoms with Gasteiger partial charge < -0.3 is 15.5 Å². The molecular weight excluding hydrogens is 891 g/mol. The molecule has 0 rings (SSSR count). The molecular formula is C69H135NO3. The molecule has 0 aromatic carbocycles. The van der Waals surface area contributed by atoms with Crippen LogP contribution in [0.25, 0.3) is 0 Å². The Morgan fingerprint density at radius 1 is 0.315 bits per heavy atom. The SMILES string of the molecule is CCCCCCCCCC/C=C\CCCCCCCCCCCCCCCCCCCCCCCC(=O)NC(CO)C(O)/C=C/CCCCCCCCCCCCCCCCCCCCCCCCCCCC. The van der Waals surface area contributed by atoms with Crippen molar-refractivity contribution in [3.8, 4) is 0 Å². The summed E-state index contributed by atoms with van der Waals surface area (Å²) in [5, 5.41) is 23.3. The molecule has 73 heavy (non-hydrogen) atoms. The monoisotopic (exact) mass is 1030 g/mol. The van der Waals surface area contributed by atoms with E-state index in [1.165, 1.54) is 347 Å². The molecule has 0 aliphatic heterocycles. The Balaban J connectivity index is 3.41. The molecule has 2 atom stereocenters. The lowest BCUT2D eigenvalue weighted by molar-refractivity contribution is -0.123. The molecule has 1 amide bonds. The average Bonchev–Trinajstić information content (AvgIpc) is 3.40. The first-order valence-corrected chi connectivity index (χ1v) is 34.1. The Labute approximate surface area is 459 Å². The van der Waals surface area contributed by atoms with Gasteiger partial charge in [0.15, 0.2) is 0 Å². The van der Waals surface area contributed by atoms with Crippen LogP contribution in [0.5, 0.6) is 0 Å². The van der Waals surface area contributed by atoms with Crippen LogP contribution in [0.3, 0.4) is 0 Å². The zero-order valence-electron chi connectivity index (χ0n) is 50.2. The lowest BCUT2D eigenvalue weighted by Crippen LogP contribution is -2.45. The Bertz CT molecular complexity index is 1070. The second-order valence-corrected chi connectivity index (χ2v) is 23.6. The van der Waals surface area contributed by atoms with E-state index >= 15 is 0 Å². The highest BCUT2D eigenvalue weighted by Gasteiger charge is 2.18. The van der Waals surface area contributed by atoms with Crippen molar-refractivity contribution in [1.29, 1.82) is 0 Å². The van der Waals surface area contributed by atoms with Crippen molar-refractivity contribution in [2.45, 2.75) is 405 Å². The average molecular weight is 1030 g/mol. The summed E-state index contributed by atoms with van der Waals surface area (Å²) < 4.78 is 0. The molecule has 4 heteroatoms. The smallest absolute Gasteiger partial charge is 0.220 e. The minimum absolute atomic E-state index is 0.0546. The van der Waals surface area contributed by atoms with E-state index in [0.717, 1.165) is 25.7 Å². The summed E-state index contributed by atoms with van der Waals surface area (Å²) >= 11 is 0. The second kappa shape index (κ2) is 65.2. The van der Waals surface area contributed by atoms with Gasteiger partial charge in [0.05, 0.1) is 18.8 Å². The van der Waals surface area contributed by atoms with Crippen molar-refractivity contribution in [2.24, 2.45) is 0 Å². The molecule has 0 aromatic rings. The molecule has 3 N–H and O–H groups in total. The van der Waals surface area contributed by atoms with Crippen LogP contribution >= 0.6 is 0 Å².